The zero-order chi connectivity index (χ0) is 22.9. The fourth-order valence-corrected chi connectivity index (χ4v) is 3.90. The molecule has 164 valence electrons. The molecule has 31 heavy (non-hydrogen) atoms. The van der Waals surface area contributed by atoms with E-state index < -0.39 is 6.10 Å². The van der Waals surface area contributed by atoms with Gasteiger partial charge in [-0.1, -0.05) is 23.8 Å². The van der Waals surface area contributed by atoms with Gasteiger partial charge in [-0.05, 0) is 51.7 Å². The molecule has 0 aliphatic carbocycles. The van der Waals surface area contributed by atoms with Crippen molar-refractivity contribution >= 4 is 5.78 Å². The average molecular weight is 424 g/mol. The lowest BCUT2D eigenvalue weighted by atomic mass is 9.89. The van der Waals surface area contributed by atoms with Crippen LogP contribution in [0.5, 0.6) is 28.7 Å². The summed E-state index contributed by atoms with van der Waals surface area (Å²) in [6.45, 7) is 9.96. The number of phenolic OH excluding ortho intramolecular Hbond substituents is 4. The molecular weight excluding hydrogens is 396 g/mol. The van der Waals surface area contributed by atoms with Gasteiger partial charge in [0.1, 0.15) is 40.4 Å². The third-order valence-corrected chi connectivity index (χ3v) is 5.50. The van der Waals surface area contributed by atoms with Gasteiger partial charge in [0.25, 0.3) is 0 Å². The van der Waals surface area contributed by atoms with Crippen LogP contribution in [0.25, 0.3) is 0 Å². The van der Waals surface area contributed by atoms with Crippen LogP contribution in [-0.4, -0.2) is 26.2 Å². The van der Waals surface area contributed by atoms with Gasteiger partial charge in [-0.2, -0.15) is 0 Å². The fourth-order valence-electron chi connectivity index (χ4n) is 3.90. The van der Waals surface area contributed by atoms with Gasteiger partial charge in [0.05, 0.1) is 6.42 Å². The molecule has 2 aromatic carbocycles. The normalized spacial score (nSPS) is 16.2. The largest absolute Gasteiger partial charge is 0.508 e. The van der Waals surface area contributed by atoms with Gasteiger partial charge < -0.3 is 25.2 Å². The van der Waals surface area contributed by atoms with Crippen LogP contribution in [0.3, 0.4) is 0 Å². The Hall–Kier alpha value is -3.41. The highest BCUT2D eigenvalue weighted by Crippen LogP contribution is 2.46. The Balaban J connectivity index is 1.91. The standard InChI is InChI=1S/C25H28O6/c1-13(2)9-15(14(3)4)5-7-18-20(28)11-23-24(25(18)30)21(29)12-22(31-23)17-8-6-16(26)10-19(17)27/h6,8-11,15,22,26-28,30H,3,5,7,12H2,1-2,4H3. The lowest BCUT2D eigenvalue weighted by molar-refractivity contribution is 0.0841. The molecule has 2 unspecified atom stereocenters. The Labute approximate surface area is 181 Å². The highest BCUT2D eigenvalue weighted by Gasteiger charge is 2.33. The topological polar surface area (TPSA) is 107 Å². The molecule has 4 N–H and O–H groups in total. The molecule has 1 aliphatic rings. The zero-order valence-electron chi connectivity index (χ0n) is 18.0. The fraction of sp³-hybridized carbons (Fsp3) is 0.320. The maximum absolute atomic E-state index is 12.8. The molecule has 2 aromatic rings. The highest BCUT2D eigenvalue weighted by atomic mass is 16.5. The summed E-state index contributed by atoms with van der Waals surface area (Å²) in [5.74, 6) is -0.926. The number of ketones is 1. The van der Waals surface area contributed by atoms with E-state index in [9.17, 15) is 25.2 Å². The molecule has 6 nitrogen and oxygen atoms in total. The first-order valence-electron chi connectivity index (χ1n) is 10.2. The summed E-state index contributed by atoms with van der Waals surface area (Å²) in [6.07, 6.45) is 2.20. The van der Waals surface area contributed by atoms with Crippen LogP contribution >= 0.6 is 0 Å². The van der Waals surface area contributed by atoms with E-state index in [1.807, 2.05) is 20.8 Å². The van der Waals surface area contributed by atoms with Crippen LogP contribution in [0.2, 0.25) is 0 Å². The van der Waals surface area contributed by atoms with E-state index >= 15 is 0 Å². The lowest BCUT2D eigenvalue weighted by Gasteiger charge is -2.27. The van der Waals surface area contributed by atoms with Crippen LogP contribution in [0.1, 0.15) is 61.2 Å². The first-order valence-corrected chi connectivity index (χ1v) is 10.2. The first kappa shape index (κ1) is 22.3. The van der Waals surface area contributed by atoms with Crippen LogP contribution in [-0.2, 0) is 6.42 Å². The van der Waals surface area contributed by atoms with Gasteiger partial charge in [-0.3, -0.25) is 4.79 Å². The molecule has 6 heteroatoms. The Kier molecular flexibility index (Phi) is 6.29. The molecule has 0 spiro atoms. The maximum Gasteiger partial charge on any atom is 0.174 e. The summed E-state index contributed by atoms with van der Waals surface area (Å²) in [7, 11) is 0. The molecule has 1 heterocycles. The van der Waals surface area contributed by atoms with E-state index in [4.69, 9.17) is 4.74 Å². The first-order chi connectivity index (χ1) is 14.6. The van der Waals surface area contributed by atoms with Gasteiger partial charge in [-0.25, -0.2) is 0 Å². The van der Waals surface area contributed by atoms with Gasteiger partial charge in [-0.15, -0.1) is 0 Å². The number of hydrogen-bond acceptors (Lipinski definition) is 6. The van der Waals surface area contributed by atoms with Crippen LogP contribution in [0, 0.1) is 5.92 Å². The van der Waals surface area contributed by atoms with E-state index in [0.717, 1.165) is 11.1 Å². The zero-order valence-corrected chi connectivity index (χ0v) is 18.0. The minimum absolute atomic E-state index is 0.0383. The third-order valence-electron chi connectivity index (χ3n) is 5.50. The second kappa shape index (κ2) is 8.76. The van der Waals surface area contributed by atoms with E-state index in [1.165, 1.54) is 24.3 Å². The summed E-state index contributed by atoms with van der Waals surface area (Å²) in [5, 5.41) is 40.9. The molecule has 3 rings (SSSR count). The van der Waals surface area contributed by atoms with Crippen LogP contribution in [0.4, 0.5) is 0 Å². The van der Waals surface area contributed by atoms with Crippen molar-refractivity contribution in [2.24, 2.45) is 5.92 Å². The van der Waals surface area contributed by atoms with Crippen molar-refractivity contribution in [3.63, 3.8) is 0 Å². The van der Waals surface area contributed by atoms with Gasteiger partial charge in [0.2, 0.25) is 0 Å². The van der Waals surface area contributed by atoms with Gasteiger partial charge in [0, 0.05) is 23.3 Å². The summed E-state index contributed by atoms with van der Waals surface area (Å²) >= 11 is 0. The van der Waals surface area contributed by atoms with Crippen molar-refractivity contribution in [1.29, 1.82) is 0 Å². The van der Waals surface area contributed by atoms with Gasteiger partial charge in [0.15, 0.2) is 5.78 Å². The number of phenols is 4. The van der Waals surface area contributed by atoms with E-state index in [1.54, 1.807) is 0 Å². The molecular formula is C25H28O6. The smallest absolute Gasteiger partial charge is 0.174 e. The van der Waals surface area contributed by atoms with E-state index in [0.29, 0.717) is 24.0 Å². The number of benzene rings is 2. The third kappa shape index (κ3) is 4.68. The second-order valence-electron chi connectivity index (χ2n) is 8.31. The number of rotatable bonds is 6. The van der Waals surface area contributed by atoms with Gasteiger partial charge >= 0.3 is 0 Å². The molecule has 0 amide bonds. The Morgan fingerprint density at radius 3 is 2.48 bits per heavy atom. The van der Waals surface area contributed by atoms with Crippen molar-refractivity contribution in [3.8, 4) is 28.7 Å². The van der Waals surface area contributed by atoms with Crippen molar-refractivity contribution in [1.82, 2.24) is 0 Å². The number of ether oxygens (including phenoxy) is 1. The number of hydrogen-bond donors (Lipinski definition) is 4. The predicted molar refractivity (Wildman–Crippen MR) is 118 cm³/mol. The summed E-state index contributed by atoms with van der Waals surface area (Å²) in [5.41, 5.74) is 2.81. The number of carbonyl (C=O) groups excluding carboxylic acids is 1. The van der Waals surface area contributed by atoms with E-state index in [2.05, 4.69) is 12.7 Å². The summed E-state index contributed by atoms with van der Waals surface area (Å²) < 4.78 is 5.84. The molecule has 0 radical (unpaired) electrons. The number of fused-ring (bicyclic) bond motifs is 1. The highest BCUT2D eigenvalue weighted by molar-refractivity contribution is 6.03. The minimum Gasteiger partial charge on any atom is -0.508 e. The Bertz CT molecular complexity index is 1060. The van der Waals surface area contributed by atoms with Crippen LogP contribution < -0.4 is 4.74 Å². The van der Waals surface area contributed by atoms with E-state index in [-0.39, 0.29) is 52.4 Å². The quantitative estimate of drug-likeness (QED) is 0.468. The monoisotopic (exact) mass is 424 g/mol. The lowest BCUT2D eigenvalue weighted by Crippen LogP contribution is -2.21. The molecule has 0 bridgehead atoms. The number of aromatic hydroxyl groups is 4. The maximum atomic E-state index is 12.8. The summed E-state index contributed by atoms with van der Waals surface area (Å²) in [4.78, 5) is 12.8. The van der Waals surface area contributed by atoms with Crippen molar-refractivity contribution in [2.45, 2.75) is 46.1 Å². The number of allylic oxidation sites excluding steroid dienone is 3. The molecule has 0 fully saturated rings. The summed E-state index contributed by atoms with van der Waals surface area (Å²) in [6, 6.07) is 5.37. The molecule has 1 aliphatic heterocycles. The van der Waals surface area contributed by atoms with Crippen LogP contribution in [0.15, 0.2) is 48.1 Å². The Morgan fingerprint density at radius 1 is 1.16 bits per heavy atom. The number of Topliss-reactive ketones (excluding diaryl/α,β-unsaturated/α-hetero) is 1. The van der Waals surface area contributed by atoms with Crippen molar-refractivity contribution in [3.05, 3.63) is 64.8 Å². The molecule has 0 saturated carbocycles. The SMILES string of the molecule is C=C(C)C(C=C(C)C)CCc1c(O)cc2c(c1O)C(=O)CC(c1ccc(O)cc1O)O2. The molecule has 0 saturated heterocycles. The molecule has 2 atom stereocenters. The molecule has 0 aromatic heterocycles. The Morgan fingerprint density at radius 2 is 1.87 bits per heavy atom. The average Bonchev–Trinajstić information content (AvgIpc) is 2.65. The van der Waals surface area contributed by atoms with Crippen molar-refractivity contribution in [2.75, 3.05) is 0 Å². The minimum atomic E-state index is -0.796. The number of carbonyl (C=O) groups is 1. The second-order valence-corrected chi connectivity index (χ2v) is 8.31. The predicted octanol–water partition coefficient (Wildman–Crippen LogP) is 5.31. The van der Waals surface area contributed by atoms with Crippen molar-refractivity contribution < 1.29 is 30.0 Å².